The molecule has 2 fully saturated rings. The highest BCUT2D eigenvalue weighted by atomic mass is 35.5. The molecular formula is C36H27Cl4N3O3. The lowest BCUT2D eigenvalue weighted by molar-refractivity contribution is -0.154. The average Bonchev–Trinajstić information content (AvgIpc) is 3.73. The number of hydrogen-bond donors (Lipinski definition) is 1. The number of nitrogens with one attached hydrogen (secondary N) is 1. The van der Waals surface area contributed by atoms with Crippen molar-refractivity contribution in [3.63, 3.8) is 0 Å². The number of para-hydroxylation sites is 1. The van der Waals surface area contributed by atoms with Crippen LogP contribution in [0.5, 0.6) is 0 Å². The van der Waals surface area contributed by atoms with Crippen LogP contribution in [0.25, 0.3) is 0 Å². The van der Waals surface area contributed by atoms with Gasteiger partial charge in [0.25, 0.3) is 5.91 Å². The number of oxime groups is 1. The molecule has 0 radical (unpaired) electrons. The normalized spacial score (nSPS) is 29.9. The quantitative estimate of drug-likeness (QED) is 0.234. The third-order valence-electron chi connectivity index (χ3n) is 10.6. The number of carbonyl (C=O) groups is 2. The Balaban J connectivity index is 1.40. The summed E-state index contributed by atoms with van der Waals surface area (Å²) >= 11 is 27.3. The molecule has 5 atom stereocenters. The molecule has 4 aromatic carbocycles. The maximum Gasteiger partial charge on any atom is 0.250 e. The van der Waals surface area contributed by atoms with Gasteiger partial charge in [-0.3, -0.25) is 14.5 Å². The first-order valence-corrected chi connectivity index (χ1v) is 16.6. The molecule has 3 aliphatic heterocycles. The first-order chi connectivity index (χ1) is 22.2. The first kappa shape index (κ1) is 30.0. The van der Waals surface area contributed by atoms with E-state index in [1.54, 1.807) is 24.3 Å². The van der Waals surface area contributed by atoms with Crippen LogP contribution in [-0.2, 0) is 20.0 Å². The van der Waals surface area contributed by atoms with E-state index in [-0.39, 0.29) is 18.1 Å². The van der Waals surface area contributed by atoms with Gasteiger partial charge in [-0.1, -0.05) is 112 Å². The monoisotopic (exact) mass is 689 g/mol. The molecule has 3 heterocycles. The van der Waals surface area contributed by atoms with Gasteiger partial charge in [0.05, 0.1) is 21.4 Å². The molecule has 4 aliphatic rings. The number of halogens is 4. The topological polar surface area (TPSA) is 71.0 Å². The second-order valence-electron chi connectivity index (χ2n) is 12.5. The van der Waals surface area contributed by atoms with E-state index in [0.717, 1.165) is 11.1 Å². The Bertz CT molecular complexity index is 1980. The third kappa shape index (κ3) is 3.68. The highest BCUT2D eigenvalue weighted by Crippen LogP contribution is 2.71. The van der Waals surface area contributed by atoms with Gasteiger partial charge in [-0.05, 0) is 61.3 Å². The van der Waals surface area contributed by atoms with E-state index in [4.69, 9.17) is 51.2 Å². The lowest BCUT2D eigenvalue weighted by atomic mass is 9.58. The fraction of sp³-hybridized carbons (Fsp3) is 0.250. The molecule has 0 bridgehead atoms. The van der Waals surface area contributed by atoms with E-state index in [0.29, 0.717) is 55.6 Å². The minimum absolute atomic E-state index is 0.229. The predicted molar refractivity (Wildman–Crippen MR) is 181 cm³/mol. The van der Waals surface area contributed by atoms with Gasteiger partial charge < -0.3 is 10.2 Å². The fourth-order valence-corrected chi connectivity index (χ4v) is 9.97. The summed E-state index contributed by atoms with van der Waals surface area (Å²) in [4.78, 5) is 39.0. The van der Waals surface area contributed by atoms with Crippen LogP contribution >= 0.6 is 46.4 Å². The van der Waals surface area contributed by atoms with Crippen molar-refractivity contribution in [2.24, 2.45) is 10.6 Å². The molecule has 1 saturated heterocycles. The zero-order valence-corrected chi connectivity index (χ0v) is 27.6. The maximum atomic E-state index is 16.0. The molecule has 0 aromatic heterocycles. The number of fused-ring (bicyclic) bond motifs is 3. The first-order valence-electron chi connectivity index (χ1n) is 15.0. The van der Waals surface area contributed by atoms with Gasteiger partial charge in [-0.25, -0.2) is 0 Å². The number of amides is 1. The Morgan fingerprint density at radius 3 is 2.09 bits per heavy atom. The van der Waals surface area contributed by atoms with Crippen molar-refractivity contribution in [1.82, 2.24) is 4.90 Å². The number of ketones is 1. The number of benzene rings is 4. The maximum absolute atomic E-state index is 16.0. The van der Waals surface area contributed by atoms with E-state index in [1.807, 2.05) is 78.7 Å². The van der Waals surface area contributed by atoms with Crippen molar-refractivity contribution < 1.29 is 14.4 Å². The second-order valence-corrected chi connectivity index (χ2v) is 14.1. The predicted octanol–water partition coefficient (Wildman–Crippen LogP) is 8.48. The summed E-state index contributed by atoms with van der Waals surface area (Å²) in [5.41, 5.74) is -0.354. The molecule has 1 saturated carbocycles. The van der Waals surface area contributed by atoms with Crippen molar-refractivity contribution in [1.29, 1.82) is 0 Å². The Hall–Kier alpha value is -3.39. The van der Waals surface area contributed by atoms with E-state index in [1.165, 1.54) is 0 Å². The summed E-state index contributed by atoms with van der Waals surface area (Å²) in [7, 11) is 1.91. The van der Waals surface area contributed by atoms with Gasteiger partial charge in [-0.2, -0.15) is 0 Å². The molecule has 232 valence electrons. The molecule has 4 aromatic rings. The number of nitrogens with zero attached hydrogens (tertiary/aromatic N) is 2. The molecule has 6 nitrogen and oxygen atoms in total. The van der Waals surface area contributed by atoms with Crippen LogP contribution < -0.4 is 5.32 Å². The Kier molecular flexibility index (Phi) is 6.88. The number of rotatable bonds is 3. The molecule has 3 spiro atoms. The van der Waals surface area contributed by atoms with E-state index in [2.05, 4.69) is 10.5 Å². The SMILES string of the molecule is CN1C[C@@H](c2ccccc2Cl)[C@@]2(CC[C@]3(ON=C(c4c(Cl)cccc4Cl)[C@@H]3c3ccccc3Cl)C2=O)[C@]12C(=O)Nc1ccccc12. The van der Waals surface area contributed by atoms with Gasteiger partial charge in [-0.15, -0.1) is 0 Å². The van der Waals surface area contributed by atoms with E-state index in [9.17, 15) is 4.79 Å². The summed E-state index contributed by atoms with van der Waals surface area (Å²) < 4.78 is 0. The largest absolute Gasteiger partial charge is 0.380 e. The van der Waals surface area contributed by atoms with Crippen molar-refractivity contribution >= 4 is 69.5 Å². The number of Topliss-reactive ketones (excluding diaryl/α,β-unsaturated/α-hetero) is 1. The van der Waals surface area contributed by atoms with E-state index >= 15 is 4.79 Å². The van der Waals surface area contributed by atoms with Crippen molar-refractivity contribution in [3.8, 4) is 0 Å². The lowest BCUT2D eigenvalue weighted by Crippen LogP contribution is -2.60. The molecule has 0 unspecified atom stereocenters. The molecule has 46 heavy (non-hydrogen) atoms. The van der Waals surface area contributed by atoms with Gasteiger partial charge in [0.2, 0.25) is 5.60 Å². The summed E-state index contributed by atoms with van der Waals surface area (Å²) in [5, 5.41) is 9.45. The van der Waals surface area contributed by atoms with Gasteiger partial charge in [0.15, 0.2) is 5.78 Å². The minimum atomic E-state index is -1.52. The van der Waals surface area contributed by atoms with Gasteiger partial charge in [0, 0.05) is 39.3 Å². The number of hydrogen-bond acceptors (Lipinski definition) is 5. The minimum Gasteiger partial charge on any atom is -0.380 e. The number of likely N-dealkylation sites (tertiary alicyclic amines) is 1. The van der Waals surface area contributed by atoms with Crippen LogP contribution in [0.3, 0.4) is 0 Å². The molecule has 1 amide bonds. The van der Waals surface area contributed by atoms with Crippen LogP contribution in [-0.4, -0.2) is 41.5 Å². The fourth-order valence-electron chi connectivity index (χ4n) is 8.87. The zero-order valence-electron chi connectivity index (χ0n) is 24.6. The highest BCUT2D eigenvalue weighted by Gasteiger charge is 2.80. The molecule has 8 rings (SSSR count). The molecule has 10 heteroatoms. The number of likely N-dealkylation sites (N-methyl/N-ethyl adjacent to an activating group) is 1. The zero-order chi connectivity index (χ0) is 32.0. The van der Waals surface area contributed by atoms with Gasteiger partial charge >= 0.3 is 0 Å². The molecule has 1 N–H and O–H groups in total. The lowest BCUT2D eigenvalue weighted by Gasteiger charge is -2.44. The van der Waals surface area contributed by atoms with Crippen LogP contribution in [0.15, 0.2) is 96.2 Å². The Morgan fingerprint density at radius 2 is 1.39 bits per heavy atom. The third-order valence-corrected chi connectivity index (χ3v) is 11.9. The molecule has 1 aliphatic carbocycles. The smallest absolute Gasteiger partial charge is 0.250 e. The van der Waals surface area contributed by atoms with Crippen molar-refractivity contribution in [2.45, 2.75) is 35.8 Å². The van der Waals surface area contributed by atoms with Crippen molar-refractivity contribution in [3.05, 3.63) is 133 Å². The summed E-state index contributed by atoms with van der Waals surface area (Å²) in [6.07, 6.45) is 0.594. The summed E-state index contributed by atoms with van der Waals surface area (Å²) in [6.45, 7) is 0.411. The second kappa shape index (κ2) is 10.6. The van der Waals surface area contributed by atoms with E-state index < -0.39 is 28.4 Å². The summed E-state index contributed by atoms with van der Waals surface area (Å²) in [5.74, 6) is -1.69. The Labute approximate surface area is 286 Å². The van der Waals surface area contributed by atoms with Crippen LogP contribution in [0.4, 0.5) is 5.69 Å². The number of carbonyl (C=O) groups excluding carboxylic acids is 2. The standard InChI is InChI=1S/C36H27Cl4N3O3/c1-43-19-23(20-9-2-5-12-24(20)37)34(36(43)22-11-4-7-16-28(22)41-33(36)45)17-18-35(32(34)44)30(21-10-3-6-13-25(21)38)31(42-46-35)29-26(39)14-8-15-27(29)40/h2-16,23,30H,17-19H2,1H3,(H,41,45)/t23-,30-,34+,35+,36-/m0/s1. The van der Waals surface area contributed by atoms with Crippen LogP contribution in [0.1, 0.15) is 46.9 Å². The summed E-state index contributed by atoms with van der Waals surface area (Å²) in [6, 6.07) is 27.7. The van der Waals surface area contributed by atoms with Crippen LogP contribution in [0.2, 0.25) is 20.1 Å². The Morgan fingerprint density at radius 1 is 0.783 bits per heavy atom. The number of anilines is 1. The van der Waals surface area contributed by atoms with Crippen LogP contribution in [0, 0.1) is 5.41 Å². The van der Waals surface area contributed by atoms with Crippen molar-refractivity contribution in [2.75, 3.05) is 18.9 Å². The molecular weight excluding hydrogens is 664 g/mol. The van der Waals surface area contributed by atoms with Gasteiger partial charge in [0.1, 0.15) is 11.3 Å². The average molecular weight is 691 g/mol. The highest BCUT2D eigenvalue weighted by molar-refractivity contribution is 6.41.